The molecule has 1 atom stereocenters. The summed E-state index contributed by atoms with van der Waals surface area (Å²) in [7, 11) is -4.31. The first-order valence-corrected chi connectivity index (χ1v) is 12.9. The number of esters is 1. The van der Waals surface area contributed by atoms with Gasteiger partial charge in [-0.1, -0.05) is 47.5 Å². The van der Waals surface area contributed by atoms with E-state index in [-0.39, 0.29) is 26.9 Å². The van der Waals surface area contributed by atoms with Crippen LogP contribution in [0.4, 0.5) is 4.39 Å². The standard InChI is InChI=1S/C25H19Cl2FN2O5S/c26-19-5-3-7-23(24(19)27)36(33,34)30-21(12-16-13-29-20-6-2-1-4-18(16)20)25(32)35-14-22(31)15-8-10-17(28)11-9-15/h1-11,13,21,29-30H,12,14H2/t21-/m1/s1. The normalized spacial score (nSPS) is 12.4. The number of rotatable bonds is 9. The van der Waals surface area contributed by atoms with Gasteiger partial charge in [-0.05, 0) is 48.0 Å². The first-order chi connectivity index (χ1) is 17.2. The Bertz CT molecular complexity index is 1540. The van der Waals surface area contributed by atoms with Crippen LogP contribution < -0.4 is 4.72 Å². The molecule has 186 valence electrons. The molecule has 0 aliphatic carbocycles. The molecule has 1 heterocycles. The van der Waals surface area contributed by atoms with Gasteiger partial charge in [0.15, 0.2) is 12.4 Å². The Hall–Kier alpha value is -3.24. The van der Waals surface area contributed by atoms with Crippen molar-refractivity contribution in [3.63, 3.8) is 0 Å². The second-order valence-electron chi connectivity index (χ2n) is 7.83. The number of aromatic nitrogens is 1. The number of para-hydroxylation sites is 1. The SMILES string of the molecule is O=C(COC(=O)[C@@H](Cc1c[nH]c2ccccc12)NS(=O)(=O)c1cccc(Cl)c1Cl)c1ccc(F)cc1. The minimum Gasteiger partial charge on any atom is -0.456 e. The molecule has 0 saturated carbocycles. The number of carbonyl (C=O) groups excluding carboxylic acids is 2. The summed E-state index contributed by atoms with van der Waals surface area (Å²) in [5.74, 6) is -2.07. The van der Waals surface area contributed by atoms with E-state index in [4.69, 9.17) is 27.9 Å². The lowest BCUT2D eigenvalue weighted by Gasteiger charge is -2.18. The fourth-order valence-electron chi connectivity index (χ4n) is 3.59. The Morgan fingerprint density at radius 3 is 2.47 bits per heavy atom. The van der Waals surface area contributed by atoms with Crippen LogP contribution in [0.2, 0.25) is 10.0 Å². The number of carbonyl (C=O) groups is 2. The Morgan fingerprint density at radius 1 is 1.00 bits per heavy atom. The molecule has 0 spiro atoms. The predicted octanol–water partition coefficient (Wildman–Crippen LogP) is 4.93. The summed E-state index contributed by atoms with van der Waals surface area (Å²) < 4.78 is 46.9. The van der Waals surface area contributed by atoms with Crippen LogP contribution in [0.15, 0.2) is 77.8 Å². The number of hydrogen-bond acceptors (Lipinski definition) is 5. The molecule has 0 radical (unpaired) electrons. The highest BCUT2D eigenvalue weighted by Gasteiger charge is 2.30. The lowest BCUT2D eigenvalue weighted by atomic mass is 10.1. The second kappa shape index (κ2) is 10.8. The quantitative estimate of drug-likeness (QED) is 0.228. The van der Waals surface area contributed by atoms with Crippen molar-refractivity contribution in [2.75, 3.05) is 6.61 Å². The molecule has 3 aromatic carbocycles. The van der Waals surface area contributed by atoms with Crippen LogP contribution in [-0.2, 0) is 26.0 Å². The van der Waals surface area contributed by atoms with Crippen molar-refractivity contribution in [3.8, 4) is 0 Å². The highest BCUT2D eigenvalue weighted by atomic mass is 35.5. The van der Waals surface area contributed by atoms with E-state index in [1.807, 2.05) is 24.3 Å². The number of hydrogen-bond donors (Lipinski definition) is 2. The maximum absolute atomic E-state index is 13.1. The first-order valence-electron chi connectivity index (χ1n) is 10.6. The average Bonchev–Trinajstić information content (AvgIpc) is 3.26. The van der Waals surface area contributed by atoms with E-state index in [9.17, 15) is 22.4 Å². The van der Waals surface area contributed by atoms with Crippen molar-refractivity contribution < 1.29 is 27.1 Å². The number of aromatic amines is 1. The molecular formula is C25H19Cl2FN2O5S. The fourth-order valence-corrected chi connectivity index (χ4v) is 5.54. The van der Waals surface area contributed by atoms with E-state index in [1.54, 1.807) is 6.20 Å². The maximum atomic E-state index is 13.1. The Balaban J connectivity index is 1.59. The van der Waals surface area contributed by atoms with Gasteiger partial charge in [0.25, 0.3) is 0 Å². The molecule has 0 fully saturated rings. The molecule has 0 saturated heterocycles. The van der Waals surface area contributed by atoms with E-state index in [1.165, 1.54) is 30.3 Å². The minimum absolute atomic E-state index is 0.0280. The van der Waals surface area contributed by atoms with Crippen molar-refractivity contribution in [2.24, 2.45) is 0 Å². The number of halogens is 3. The fraction of sp³-hybridized carbons (Fsp3) is 0.120. The molecule has 0 aliphatic rings. The highest BCUT2D eigenvalue weighted by Crippen LogP contribution is 2.29. The summed E-state index contributed by atoms with van der Waals surface area (Å²) in [6.07, 6.45) is 1.58. The molecule has 11 heteroatoms. The summed E-state index contributed by atoms with van der Waals surface area (Å²) in [6, 6.07) is 14.7. The van der Waals surface area contributed by atoms with Gasteiger partial charge in [0.05, 0.1) is 10.0 Å². The molecule has 0 bridgehead atoms. The molecule has 0 unspecified atom stereocenters. The van der Waals surface area contributed by atoms with E-state index < -0.39 is 40.2 Å². The lowest BCUT2D eigenvalue weighted by molar-refractivity contribution is -0.144. The predicted molar refractivity (Wildman–Crippen MR) is 134 cm³/mol. The van der Waals surface area contributed by atoms with Crippen LogP contribution in [0, 0.1) is 5.82 Å². The number of benzene rings is 3. The summed E-state index contributed by atoms with van der Waals surface area (Å²) in [4.78, 5) is 28.2. The third kappa shape index (κ3) is 5.76. The number of fused-ring (bicyclic) bond motifs is 1. The van der Waals surface area contributed by atoms with Crippen LogP contribution in [0.25, 0.3) is 10.9 Å². The second-order valence-corrected chi connectivity index (χ2v) is 10.3. The van der Waals surface area contributed by atoms with E-state index in [2.05, 4.69) is 9.71 Å². The molecule has 1 aromatic heterocycles. The molecule has 4 aromatic rings. The van der Waals surface area contributed by atoms with Gasteiger partial charge < -0.3 is 9.72 Å². The van der Waals surface area contributed by atoms with E-state index >= 15 is 0 Å². The van der Waals surface area contributed by atoms with Crippen molar-refractivity contribution in [2.45, 2.75) is 17.4 Å². The number of ether oxygens (including phenoxy) is 1. The molecule has 0 aliphatic heterocycles. The smallest absolute Gasteiger partial charge is 0.324 e. The van der Waals surface area contributed by atoms with Crippen LogP contribution >= 0.6 is 23.2 Å². The maximum Gasteiger partial charge on any atom is 0.324 e. The monoisotopic (exact) mass is 548 g/mol. The summed E-state index contributed by atoms with van der Waals surface area (Å²) >= 11 is 12.1. The van der Waals surface area contributed by atoms with Crippen LogP contribution in [0.3, 0.4) is 0 Å². The summed E-state index contributed by atoms with van der Waals surface area (Å²) in [5, 5.41) is 0.621. The number of ketones is 1. The molecule has 7 nitrogen and oxygen atoms in total. The van der Waals surface area contributed by atoms with Gasteiger partial charge in [-0.3, -0.25) is 9.59 Å². The topological polar surface area (TPSA) is 105 Å². The van der Waals surface area contributed by atoms with Gasteiger partial charge in [0.1, 0.15) is 16.8 Å². The van der Waals surface area contributed by atoms with E-state index in [0.717, 1.165) is 23.0 Å². The molecule has 4 rings (SSSR count). The first kappa shape index (κ1) is 25.8. The number of nitrogens with one attached hydrogen (secondary N) is 2. The zero-order valence-corrected chi connectivity index (χ0v) is 20.8. The van der Waals surface area contributed by atoms with Gasteiger partial charge in [0, 0.05) is 29.1 Å². The van der Waals surface area contributed by atoms with Crippen LogP contribution in [0.5, 0.6) is 0 Å². The Morgan fingerprint density at radius 2 is 1.72 bits per heavy atom. The van der Waals surface area contributed by atoms with Crippen LogP contribution in [0.1, 0.15) is 15.9 Å². The van der Waals surface area contributed by atoms with Gasteiger partial charge in [0.2, 0.25) is 10.0 Å². The minimum atomic E-state index is -4.31. The summed E-state index contributed by atoms with van der Waals surface area (Å²) in [5.41, 5.74) is 1.59. The van der Waals surface area contributed by atoms with Crippen molar-refractivity contribution in [3.05, 3.63) is 99.9 Å². The molecule has 2 N–H and O–H groups in total. The third-order valence-corrected chi connectivity index (χ3v) is 7.84. The Labute approximate surface area is 216 Å². The lowest BCUT2D eigenvalue weighted by Crippen LogP contribution is -2.43. The molecule has 36 heavy (non-hydrogen) atoms. The number of Topliss-reactive ketones (excluding diaryl/α,β-unsaturated/α-hetero) is 1. The highest BCUT2D eigenvalue weighted by molar-refractivity contribution is 7.89. The Kier molecular flexibility index (Phi) is 7.75. The van der Waals surface area contributed by atoms with Gasteiger partial charge in [-0.15, -0.1) is 0 Å². The van der Waals surface area contributed by atoms with E-state index in [0.29, 0.717) is 5.56 Å². The van der Waals surface area contributed by atoms with Gasteiger partial charge >= 0.3 is 5.97 Å². The van der Waals surface area contributed by atoms with Crippen LogP contribution in [-0.4, -0.2) is 37.8 Å². The van der Waals surface area contributed by atoms with Crippen molar-refractivity contribution in [1.29, 1.82) is 0 Å². The third-order valence-electron chi connectivity index (χ3n) is 5.40. The van der Waals surface area contributed by atoms with Crippen molar-refractivity contribution in [1.82, 2.24) is 9.71 Å². The van der Waals surface area contributed by atoms with Crippen molar-refractivity contribution >= 4 is 55.9 Å². The molecule has 0 amide bonds. The zero-order valence-electron chi connectivity index (χ0n) is 18.5. The molecular weight excluding hydrogens is 530 g/mol. The zero-order chi connectivity index (χ0) is 25.9. The largest absolute Gasteiger partial charge is 0.456 e. The van der Waals surface area contributed by atoms with Gasteiger partial charge in [-0.2, -0.15) is 4.72 Å². The number of sulfonamides is 1. The average molecular weight is 549 g/mol. The summed E-state index contributed by atoms with van der Waals surface area (Å²) in [6.45, 7) is -0.658. The van der Waals surface area contributed by atoms with Gasteiger partial charge in [-0.25, -0.2) is 12.8 Å². The number of H-pyrrole nitrogens is 1.